The maximum atomic E-state index is 11.6. The molecule has 2 aliphatic rings. The first-order chi connectivity index (χ1) is 10.0. The maximum Gasteiger partial charge on any atom is 0.151 e. The fourth-order valence-electron chi connectivity index (χ4n) is 3.44. The lowest BCUT2D eigenvalue weighted by atomic mass is 9.90. The summed E-state index contributed by atoms with van der Waals surface area (Å²) in [7, 11) is -0.785. The van der Waals surface area contributed by atoms with E-state index in [1.807, 2.05) is 7.05 Å². The van der Waals surface area contributed by atoms with Gasteiger partial charge in [0.1, 0.15) is 0 Å². The third-order valence-corrected chi connectivity index (χ3v) is 7.57. The van der Waals surface area contributed by atoms with Gasteiger partial charge >= 0.3 is 0 Å². The molecule has 1 unspecified atom stereocenters. The smallest absolute Gasteiger partial charge is 0.151 e. The third-order valence-electron chi connectivity index (χ3n) is 4.77. The molecule has 1 saturated heterocycles. The third kappa shape index (κ3) is 3.85. The molecule has 1 aromatic rings. The zero-order chi connectivity index (χ0) is 14.9. The summed E-state index contributed by atoms with van der Waals surface area (Å²) in [5.41, 5.74) is 1.10. The van der Waals surface area contributed by atoms with Crippen LogP contribution in [0.5, 0.6) is 0 Å². The van der Waals surface area contributed by atoms with Crippen molar-refractivity contribution >= 4 is 21.2 Å². The van der Waals surface area contributed by atoms with Crippen LogP contribution in [-0.2, 0) is 16.4 Å². The summed E-state index contributed by atoms with van der Waals surface area (Å²) in [6, 6.07) is 0.162. The van der Waals surface area contributed by atoms with Crippen LogP contribution in [0.1, 0.15) is 55.1 Å². The Morgan fingerprint density at radius 3 is 2.71 bits per heavy atom. The Kier molecular flexibility index (Phi) is 4.66. The van der Waals surface area contributed by atoms with Gasteiger partial charge in [-0.1, -0.05) is 19.3 Å². The van der Waals surface area contributed by atoms with E-state index in [4.69, 9.17) is 4.98 Å². The molecule has 0 radical (unpaired) electrons. The zero-order valence-electron chi connectivity index (χ0n) is 12.6. The van der Waals surface area contributed by atoms with Gasteiger partial charge in [0, 0.05) is 23.9 Å². The molecule has 6 heteroatoms. The van der Waals surface area contributed by atoms with Gasteiger partial charge in [0.15, 0.2) is 9.84 Å². The monoisotopic (exact) mass is 328 g/mol. The second-order valence-electron chi connectivity index (χ2n) is 6.48. The van der Waals surface area contributed by atoms with Gasteiger partial charge in [-0.05, 0) is 26.3 Å². The second kappa shape index (κ2) is 6.34. The summed E-state index contributed by atoms with van der Waals surface area (Å²) in [4.78, 5) is 6.97. The van der Waals surface area contributed by atoms with Crippen molar-refractivity contribution in [3.63, 3.8) is 0 Å². The molecule has 0 bridgehead atoms. The van der Waals surface area contributed by atoms with Crippen molar-refractivity contribution in [3.8, 4) is 0 Å². The predicted molar refractivity (Wildman–Crippen MR) is 86.5 cm³/mol. The molecule has 1 saturated carbocycles. The Balaban J connectivity index is 1.59. The van der Waals surface area contributed by atoms with E-state index < -0.39 is 9.84 Å². The Hall–Kier alpha value is -0.460. The zero-order valence-corrected chi connectivity index (χ0v) is 14.3. The average molecular weight is 329 g/mol. The topological polar surface area (TPSA) is 50.3 Å². The minimum atomic E-state index is -2.80. The Labute approximate surface area is 131 Å². The highest BCUT2D eigenvalue weighted by Gasteiger charge is 2.30. The van der Waals surface area contributed by atoms with E-state index in [1.165, 1.54) is 37.1 Å². The molecule has 1 aromatic heterocycles. The van der Waals surface area contributed by atoms with Gasteiger partial charge in [-0.25, -0.2) is 13.4 Å². The van der Waals surface area contributed by atoms with Crippen LogP contribution in [-0.4, -0.2) is 42.9 Å². The van der Waals surface area contributed by atoms with Crippen LogP contribution in [0.15, 0.2) is 5.38 Å². The van der Waals surface area contributed by atoms with Crippen LogP contribution in [0.25, 0.3) is 0 Å². The van der Waals surface area contributed by atoms with Crippen molar-refractivity contribution in [3.05, 3.63) is 16.1 Å². The SMILES string of the molecule is CN(Cc1csc(C2CCCCC2)n1)C1CCS(=O)(=O)C1. The van der Waals surface area contributed by atoms with Crippen LogP contribution in [0, 0.1) is 0 Å². The van der Waals surface area contributed by atoms with Gasteiger partial charge in [0.25, 0.3) is 0 Å². The van der Waals surface area contributed by atoms with Gasteiger partial charge in [-0.2, -0.15) is 0 Å². The molecule has 1 atom stereocenters. The van der Waals surface area contributed by atoms with Crippen LogP contribution in [0.2, 0.25) is 0 Å². The molecule has 21 heavy (non-hydrogen) atoms. The maximum absolute atomic E-state index is 11.6. The standard InChI is InChI=1S/C15H24N2O2S2/c1-17(14-7-8-21(18,19)11-14)9-13-10-20-15(16-13)12-5-3-2-4-6-12/h10,12,14H,2-9,11H2,1H3. The first-order valence-electron chi connectivity index (χ1n) is 7.88. The first kappa shape index (κ1) is 15.4. The lowest BCUT2D eigenvalue weighted by Crippen LogP contribution is -2.32. The Bertz CT molecular complexity index is 576. The van der Waals surface area contributed by atoms with Gasteiger partial charge in [0.2, 0.25) is 0 Å². The Morgan fingerprint density at radius 1 is 1.29 bits per heavy atom. The molecule has 0 N–H and O–H groups in total. The highest BCUT2D eigenvalue weighted by molar-refractivity contribution is 7.91. The molecule has 0 aromatic carbocycles. The molecule has 0 amide bonds. The van der Waals surface area contributed by atoms with Crippen molar-refractivity contribution in [2.24, 2.45) is 0 Å². The summed E-state index contributed by atoms with van der Waals surface area (Å²) in [5, 5.41) is 3.45. The van der Waals surface area contributed by atoms with Crippen molar-refractivity contribution in [1.29, 1.82) is 0 Å². The molecule has 0 spiro atoms. The molecular formula is C15H24N2O2S2. The number of rotatable bonds is 4. The molecule has 2 fully saturated rings. The highest BCUT2D eigenvalue weighted by Crippen LogP contribution is 2.34. The molecule has 4 nitrogen and oxygen atoms in total. The van der Waals surface area contributed by atoms with Gasteiger partial charge in [-0.15, -0.1) is 11.3 Å². The second-order valence-corrected chi connectivity index (χ2v) is 9.60. The van der Waals surface area contributed by atoms with E-state index in [9.17, 15) is 8.42 Å². The summed E-state index contributed by atoms with van der Waals surface area (Å²) in [5.74, 6) is 1.31. The van der Waals surface area contributed by atoms with Crippen LogP contribution in [0.4, 0.5) is 0 Å². The number of thiazole rings is 1. The van der Waals surface area contributed by atoms with E-state index in [1.54, 1.807) is 11.3 Å². The van der Waals surface area contributed by atoms with Crippen LogP contribution in [0.3, 0.4) is 0 Å². The molecule has 2 heterocycles. The van der Waals surface area contributed by atoms with Gasteiger partial charge in [0.05, 0.1) is 22.2 Å². The lowest BCUT2D eigenvalue weighted by Gasteiger charge is -2.22. The molecule has 3 rings (SSSR count). The number of aromatic nitrogens is 1. The van der Waals surface area contributed by atoms with Crippen molar-refractivity contribution in [1.82, 2.24) is 9.88 Å². The van der Waals surface area contributed by atoms with Gasteiger partial charge in [-0.3, -0.25) is 4.90 Å². The van der Waals surface area contributed by atoms with E-state index >= 15 is 0 Å². The normalized spacial score (nSPS) is 26.5. The van der Waals surface area contributed by atoms with Crippen LogP contribution >= 0.6 is 11.3 Å². The average Bonchev–Trinajstić information content (AvgIpc) is 3.06. The number of sulfone groups is 1. The minimum absolute atomic E-state index is 0.162. The lowest BCUT2D eigenvalue weighted by molar-refractivity contribution is 0.251. The number of hydrogen-bond donors (Lipinski definition) is 0. The summed E-state index contributed by atoms with van der Waals surface area (Å²) in [6.45, 7) is 0.767. The molecule has 118 valence electrons. The Morgan fingerprint density at radius 2 is 2.05 bits per heavy atom. The number of hydrogen-bond acceptors (Lipinski definition) is 5. The highest BCUT2D eigenvalue weighted by atomic mass is 32.2. The molecular weight excluding hydrogens is 304 g/mol. The number of nitrogens with zero attached hydrogens (tertiary/aromatic N) is 2. The quantitative estimate of drug-likeness (QED) is 0.853. The largest absolute Gasteiger partial charge is 0.297 e. The molecule has 1 aliphatic carbocycles. The first-order valence-corrected chi connectivity index (χ1v) is 10.6. The van der Waals surface area contributed by atoms with E-state index in [2.05, 4.69) is 10.3 Å². The minimum Gasteiger partial charge on any atom is -0.297 e. The predicted octanol–water partition coefficient (Wildman–Crippen LogP) is 2.81. The van der Waals surface area contributed by atoms with Crippen LogP contribution < -0.4 is 0 Å². The fraction of sp³-hybridized carbons (Fsp3) is 0.800. The summed E-state index contributed by atoms with van der Waals surface area (Å²) in [6.07, 6.45) is 7.36. The summed E-state index contributed by atoms with van der Waals surface area (Å²) >= 11 is 1.78. The fourth-order valence-corrected chi connectivity index (χ4v) is 6.23. The van der Waals surface area contributed by atoms with E-state index in [0.717, 1.165) is 18.7 Å². The molecule has 1 aliphatic heterocycles. The summed E-state index contributed by atoms with van der Waals surface area (Å²) < 4.78 is 23.1. The van der Waals surface area contributed by atoms with Crippen molar-refractivity contribution in [2.45, 2.75) is 57.0 Å². The van der Waals surface area contributed by atoms with Crippen molar-refractivity contribution < 1.29 is 8.42 Å². The van der Waals surface area contributed by atoms with Gasteiger partial charge < -0.3 is 0 Å². The van der Waals surface area contributed by atoms with E-state index in [-0.39, 0.29) is 6.04 Å². The van der Waals surface area contributed by atoms with Crippen molar-refractivity contribution in [2.75, 3.05) is 18.6 Å². The van der Waals surface area contributed by atoms with E-state index in [0.29, 0.717) is 17.4 Å².